The maximum absolute atomic E-state index is 12.9. The molecule has 1 aliphatic rings. The van der Waals surface area contributed by atoms with E-state index in [1.165, 1.54) is 24.3 Å². The number of nitrogens with zero attached hydrogens (tertiary/aromatic N) is 2. The second kappa shape index (κ2) is 9.37. The SMILES string of the molecule is CCNS(=O)(=O)c1cccc(C(=O)N2CCN(Cc3cccc(C(F)(F)F)c3)CC2)c1. The fourth-order valence-corrected chi connectivity index (χ4v) is 4.55. The van der Waals surface area contributed by atoms with Crippen LogP contribution in [-0.4, -0.2) is 56.8 Å². The fraction of sp³-hybridized carbons (Fsp3) is 0.381. The zero-order valence-electron chi connectivity index (χ0n) is 17.0. The van der Waals surface area contributed by atoms with Gasteiger partial charge < -0.3 is 4.90 Å². The first kappa shape index (κ1) is 23.2. The van der Waals surface area contributed by atoms with E-state index in [0.717, 1.165) is 12.1 Å². The highest BCUT2D eigenvalue weighted by molar-refractivity contribution is 7.89. The van der Waals surface area contributed by atoms with Gasteiger partial charge in [0.25, 0.3) is 5.91 Å². The lowest BCUT2D eigenvalue weighted by molar-refractivity contribution is -0.137. The first-order chi connectivity index (χ1) is 14.6. The quantitative estimate of drug-likeness (QED) is 0.727. The molecule has 3 rings (SSSR count). The van der Waals surface area contributed by atoms with Crippen molar-refractivity contribution in [2.45, 2.75) is 24.5 Å². The van der Waals surface area contributed by atoms with Crippen LogP contribution >= 0.6 is 0 Å². The van der Waals surface area contributed by atoms with Crippen LogP contribution in [0.5, 0.6) is 0 Å². The largest absolute Gasteiger partial charge is 0.416 e. The molecule has 0 aliphatic carbocycles. The number of nitrogens with one attached hydrogen (secondary N) is 1. The van der Waals surface area contributed by atoms with E-state index in [9.17, 15) is 26.4 Å². The Morgan fingerprint density at radius 1 is 1.03 bits per heavy atom. The van der Waals surface area contributed by atoms with Gasteiger partial charge in [0.1, 0.15) is 0 Å². The number of hydrogen-bond donors (Lipinski definition) is 1. The van der Waals surface area contributed by atoms with Crippen molar-refractivity contribution in [3.63, 3.8) is 0 Å². The van der Waals surface area contributed by atoms with Crippen molar-refractivity contribution in [3.05, 3.63) is 65.2 Å². The summed E-state index contributed by atoms with van der Waals surface area (Å²) >= 11 is 0. The number of benzene rings is 2. The normalized spacial score (nSPS) is 15.8. The van der Waals surface area contributed by atoms with Crippen molar-refractivity contribution in [2.24, 2.45) is 0 Å². The van der Waals surface area contributed by atoms with Crippen LogP contribution in [0.25, 0.3) is 0 Å². The van der Waals surface area contributed by atoms with Crippen LogP contribution in [-0.2, 0) is 22.7 Å². The molecule has 6 nitrogen and oxygen atoms in total. The Hall–Kier alpha value is -2.43. The molecule has 1 saturated heterocycles. The van der Waals surface area contributed by atoms with Gasteiger partial charge in [0.15, 0.2) is 0 Å². The number of carbonyl (C=O) groups is 1. The highest BCUT2D eigenvalue weighted by Crippen LogP contribution is 2.29. The third-order valence-corrected chi connectivity index (χ3v) is 6.59. The number of alkyl halides is 3. The van der Waals surface area contributed by atoms with Crippen LogP contribution in [0.1, 0.15) is 28.4 Å². The van der Waals surface area contributed by atoms with E-state index >= 15 is 0 Å². The van der Waals surface area contributed by atoms with Crippen LogP contribution in [0.4, 0.5) is 13.2 Å². The van der Waals surface area contributed by atoms with Gasteiger partial charge in [-0.25, -0.2) is 13.1 Å². The lowest BCUT2D eigenvalue weighted by Crippen LogP contribution is -2.48. The van der Waals surface area contributed by atoms with Gasteiger partial charge in [-0.15, -0.1) is 0 Å². The molecule has 0 aromatic heterocycles. The molecule has 168 valence electrons. The smallest absolute Gasteiger partial charge is 0.336 e. The van der Waals surface area contributed by atoms with E-state index < -0.39 is 21.8 Å². The van der Waals surface area contributed by atoms with Gasteiger partial charge in [-0.2, -0.15) is 13.2 Å². The number of halogens is 3. The van der Waals surface area contributed by atoms with Crippen molar-refractivity contribution < 1.29 is 26.4 Å². The van der Waals surface area contributed by atoms with Gasteiger partial charge in [-0.3, -0.25) is 9.69 Å². The molecule has 1 amide bonds. The summed E-state index contributed by atoms with van der Waals surface area (Å²) in [6.07, 6.45) is -4.38. The van der Waals surface area contributed by atoms with Gasteiger partial charge in [0.05, 0.1) is 10.5 Å². The number of carbonyl (C=O) groups excluding carboxylic acids is 1. The maximum atomic E-state index is 12.9. The van der Waals surface area contributed by atoms with Crippen molar-refractivity contribution >= 4 is 15.9 Å². The number of amides is 1. The summed E-state index contributed by atoms with van der Waals surface area (Å²) in [5.41, 5.74) is 0.174. The Bertz CT molecular complexity index is 1030. The predicted molar refractivity (Wildman–Crippen MR) is 110 cm³/mol. The Morgan fingerprint density at radius 3 is 2.35 bits per heavy atom. The van der Waals surface area contributed by atoms with E-state index in [-0.39, 0.29) is 22.9 Å². The topological polar surface area (TPSA) is 69.7 Å². The molecular weight excluding hydrogens is 431 g/mol. The van der Waals surface area contributed by atoms with Crippen molar-refractivity contribution in [1.29, 1.82) is 0 Å². The second-order valence-corrected chi connectivity index (χ2v) is 9.06. The average molecular weight is 456 g/mol. The fourth-order valence-electron chi connectivity index (χ4n) is 3.47. The van der Waals surface area contributed by atoms with E-state index in [4.69, 9.17) is 0 Å². The summed E-state index contributed by atoms with van der Waals surface area (Å²) in [5.74, 6) is -0.271. The van der Waals surface area contributed by atoms with Gasteiger partial charge in [-0.05, 0) is 29.8 Å². The summed E-state index contributed by atoms with van der Waals surface area (Å²) in [6.45, 7) is 4.11. The lowest BCUT2D eigenvalue weighted by Gasteiger charge is -2.35. The first-order valence-corrected chi connectivity index (χ1v) is 11.4. The monoisotopic (exact) mass is 455 g/mol. The van der Waals surface area contributed by atoms with Crippen molar-refractivity contribution in [1.82, 2.24) is 14.5 Å². The summed E-state index contributed by atoms with van der Waals surface area (Å²) in [7, 11) is -3.66. The van der Waals surface area contributed by atoms with Crippen molar-refractivity contribution in [2.75, 3.05) is 32.7 Å². The summed E-state index contributed by atoms with van der Waals surface area (Å²) < 4.78 is 65.4. The molecular formula is C21H24F3N3O3S. The summed E-state index contributed by atoms with van der Waals surface area (Å²) in [4.78, 5) is 16.5. The first-order valence-electron chi connectivity index (χ1n) is 9.87. The average Bonchev–Trinajstić information content (AvgIpc) is 2.73. The zero-order valence-corrected chi connectivity index (χ0v) is 17.8. The third-order valence-electron chi connectivity index (χ3n) is 5.05. The summed E-state index contributed by atoms with van der Waals surface area (Å²) in [5, 5.41) is 0. The van der Waals surface area contributed by atoms with Gasteiger partial charge in [-0.1, -0.05) is 31.2 Å². The number of piperazine rings is 1. The van der Waals surface area contributed by atoms with Crippen LogP contribution in [0, 0.1) is 0 Å². The van der Waals surface area contributed by atoms with Crippen molar-refractivity contribution in [3.8, 4) is 0 Å². The maximum Gasteiger partial charge on any atom is 0.416 e. The molecule has 0 bridgehead atoms. The second-order valence-electron chi connectivity index (χ2n) is 7.30. The zero-order chi connectivity index (χ0) is 22.6. The minimum absolute atomic E-state index is 0.0309. The molecule has 1 fully saturated rings. The van der Waals surface area contributed by atoms with E-state index in [2.05, 4.69) is 4.72 Å². The highest BCUT2D eigenvalue weighted by Gasteiger charge is 2.30. The number of rotatable bonds is 6. The molecule has 1 N–H and O–H groups in total. The molecule has 0 radical (unpaired) electrons. The van der Waals surface area contributed by atoms with E-state index in [0.29, 0.717) is 38.3 Å². The van der Waals surface area contributed by atoms with Gasteiger partial charge >= 0.3 is 6.18 Å². The number of hydrogen-bond acceptors (Lipinski definition) is 4. The lowest BCUT2D eigenvalue weighted by atomic mass is 10.1. The molecule has 0 spiro atoms. The molecule has 0 atom stereocenters. The molecule has 10 heteroatoms. The molecule has 0 saturated carbocycles. The number of sulfonamides is 1. The summed E-state index contributed by atoms with van der Waals surface area (Å²) in [6, 6.07) is 11.1. The Kier molecular flexibility index (Phi) is 7.03. The van der Waals surface area contributed by atoms with E-state index in [1.807, 2.05) is 4.90 Å². The molecule has 0 unspecified atom stereocenters. The molecule has 2 aromatic rings. The molecule has 31 heavy (non-hydrogen) atoms. The van der Waals surface area contributed by atoms with Gasteiger partial charge in [0, 0.05) is 44.8 Å². The molecule has 1 heterocycles. The van der Waals surface area contributed by atoms with Gasteiger partial charge in [0.2, 0.25) is 10.0 Å². The van der Waals surface area contributed by atoms with Crippen LogP contribution in [0.3, 0.4) is 0 Å². The third kappa shape index (κ3) is 5.84. The molecule has 1 aliphatic heterocycles. The predicted octanol–water partition coefficient (Wildman–Crippen LogP) is 2.96. The minimum Gasteiger partial charge on any atom is -0.336 e. The van der Waals surface area contributed by atoms with E-state index in [1.54, 1.807) is 24.0 Å². The highest BCUT2D eigenvalue weighted by atomic mass is 32.2. The van der Waals surface area contributed by atoms with Crippen LogP contribution < -0.4 is 4.72 Å². The minimum atomic E-state index is -4.38. The van der Waals surface area contributed by atoms with Crippen LogP contribution in [0.2, 0.25) is 0 Å². The standard InChI is InChI=1S/C21H24F3N3O3S/c1-2-25-31(29,30)19-8-4-6-17(14-19)20(28)27-11-9-26(10-12-27)15-16-5-3-7-18(13-16)21(22,23)24/h3-8,13-14,25H,2,9-12,15H2,1H3. The van der Waals surface area contributed by atoms with Crippen LogP contribution in [0.15, 0.2) is 53.4 Å². The Labute approximate surface area is 179 Å². The molecule has 2 aromatic carbocycles. The Balaban J connectivity index is 1.62. The Morgan fingerprint density at radius 2 is 1.71 bits per heavy atom.